The average molecular weight is 219 g/mol. The van der Waals surface area contributed by atoms with Gasteiger partial charge in [-0.25, -0.2) is 0 Å². The van der Waals surface area contributed by atoms with Gasteiger partial charge in [0.05, 0.1) is 12.1 Å². The summed E-state index contributed by atoms with van der Waals surface area (Å²) in [5.41, 5.74) is 8.08. The molecule has 0 heterocycles. The molecule has 2 rings (SSSR count). The van der Waals surface area contributed by atoms with Crippen molar-refractivity contribution in [1.29, 1.82) is 0 Å². The van der Waals surface area contributed by atoms with E-state index in [1.54, 1.807) is 6.07 Å². The number of phenols is 1. The lowest BCUT2D eigenvalue weighted by Crippen LogP contribution is -2.14. The number of hydrogen-bond donors (Lipinski definition) is 2. The Morgan fingerprint density at radius 2 is 1.81 bits per heavy atom. The van der Waals surface area contributed by atoms with Crippen LogP contribution in [0.25, 0.3) is 0 Å². The SMILES string of the molecule is NCC(=O)c1cc2c(cc1O)CCCCC2. The number of carbonyl (C=O) groups is 1. The molecule has 1 aromatic carbocycles. The highest BCUT2D eigenvalue weighted by Gasteiger charge is 2.15. The Labute approximate surface area is 95.3 Å². The van der Waals surface area contributed by atoms with Crippen LogP contribution in [0.1, 0.15) is 40.7 Å². The van der Waals surface area contributed by atoms with Crippen LogP contribution in [-0.4, -0.2) is 17.4 Å². The number of rotatable bonds is 2. The van der Waals surface area contributed by atoms with Gasteiger partial charge in [0.15, 0.2) is 5.78 Å². The van der Waals surface area contributed by atoms with Gasteiger partial charge in [0.1, 0.15) is 5.75 Å². The second-order valence-corrected chi connectivity index (χ2v) is 4.33. The van der Waals surface area contributed by atoms with E-state index in [1.165, 1.54) is 17.5 Å². The Bertz CT molecular complexity index is 413. The maximum absolute atomic E-state index is 11.5. The molecule has 3 nitrogen and oxygen atoms in total. The van der Waals surface area contributed by atoms with Crippen LogP contribution in [0.4, 0.5) is 0 Å². The molecule has 0 aromatic heterocycles. The van der Waals surface area contributed by atoms with Crippen molar-refractivity contribution >= 4 is 5.78 Å². The molecule has 3 heteroatoms. The summed E-state index contributed by atoms with van der Waals surface area (Å²) in [5, 5.41) is 9.78. The summed E-state index contributed by atoms with van der Waals surface area (Å²) < 4.78 is 0. The Balaban J connectivity index is 2.42. The van der Waals surface area contributed by atoms with Crippen LogP contribution in [0.15, 0.2) is 12.1 Å². The van der Waals surface area contributed by atoms with Crippen LogP contribution in [0.5, 0.6) is 5.75 Å². The van der Waals surface area contributed by atoms with Crippen LogP contribution in [0, 0.1) is 0 Å². The third-order valence-corrected chi connectivity index (χ3v) is 3.20. The van der Waals surface area contributed by atoms with Crippen molar-refractivity contribution < 1.29 is 9.90 Å². The molecule has 0 radical (unpaired) electrons. The maximum Gasteiger partial charge on any atom is 0.180 e. The van der Waals surface area contributed by atoms with Gasteiger partial charge in [-0.2, -0.15) is 0 Å². The van der Waals surface area contributed by atoms with Gasteiger partial charge in [-0.15, -0.1) is 0 Å². The largest absolute Gasteiger partial charge is 0.507 e. The highest BCUT2D eigenvalue weighted by molar-refractivity contribution is 6.00. The summed E-state index contributed by atoms with van der Waals surface area (Å²) in [7, 11) is 0. The lowest BCUT2D eigenvalue weighted by Gasteiger charge is -2.10. The Morgan fingerprint density at radius 3 is 2.44 bits per heavy atom. The summed E-state index contributed by atoms with van der Waals surface area (Å²) in [6, 6.07) is 3.56. The van der Waals surface area contributed by atoms with Crippen LogP contribution < -0.4 is 5.73 Å². The Hall–Kier alpha value is -1.35. The van der Waals surface area contributed by atoms with Crippen molar-refractivity contribution in [2.24, 2.45) is 5.73 Å². The van der Waals surface area contributed by atoms with Gasteiger partial charge in [0, 0.05) is 0 Å². The molecular weight excluding hydrogens is 202 g/mol. The van der Waals surface area contributed by atoms with E-state index in [4.69, 9.17) is 5.73 Å². The molecule has 0 amide bonds. The van der Waals surface area contributed by atoms with Crippen LogP contribution in [-0.2, 0) is 12.8 Å². The first kappa shape index (κ1) is 11.1. The third kappa shape index (κ3) is 2.09. The molecule has 0 atom stereocenters. The predicted molar refractivity (Wildman–Crippen MR) is 62.8 cm³/mol. The van der Waals surface area contributed by atoms with E-state index in [0.717, 1.165) is 25.7 Å². The van der Waals surface area contributed by atoms with E-state index in [9.17, 15) is 9.90 Å². The minimum absolute atomic E-state index is 0.0493. The monoisotopic (exact) mass is 219 g/mol. The number of aromatic hydroxyl groups is 1. The molecule has 0 fully saturated rings. The van der Waals surface area contributed by atoms with Gasteiger partial charge in [0.2, 0.25) is 0 Å². The lowest BCUT2D eigenvalue weighted by molar-refractivity contribution is 0.0998. The average Bonchev–Trinajstić information content (AvgIpc) is 2.51. The fourth-order valence-electron chi connectivity index (χ4n) is 2.28. The number of hydrogen-bond acceptors (Lipinski definition) is 3. The third-order valence-electron chi connectivity index (χ3n) is 3.20. The number of aryl methyl sites for hydroxylation is 2. The van der Waals surface area contributed by atoms with Gasteiger partial charge in [-0.1, -0.05) is 6.42 Å². The van der Waals surface area contributed by atoms with Crippen LogP contribution in [0.2, 0.25) is 0 Å². The lowest BCUT2D eigenvalue weighted by atomic mass is 9.97. The molecule has 0 spiro atoms. The van der Waals surface area contributed by atoms with Crippen molar-refractivity contribution in [2.45, 2.75) is 32.1 Å². The van der Waals surface area contributed by atoms with Gasteiger partial charge in [-0.3, -0.25) is 4.79 Å². The highest BCUT2D eigenvalue weighted by Crippen LogP contribution is 2.28. The fraction of sp³-hybridized carbons (Fsp3) is 0.462. The zero-order valence-corrected chi connectivity index (χ0v) is 9.33. The Kier molecular flexibility index (Phi) is 3.25. The van der Waals surface area contributed by atoms with E-state index in [1.807, 2.05) is 6.07 Å². The predicted octanol–water partition coefficient (Wildman–Crippen LogP) is 1.80. The molecule has 1 aromatic rings. The number of carbonyl (C=O) groups excluding carboxylic acids is 1. The first-order valence-electron chi connectivity index (χ1n) is 5.80. The number of Topliss-reactive ketones (excluding diaryl/α,β-unsaturated/α-hetero) is 1. The molecule has 16 heavy (non-hydrogen) atoms. The second kappa shape index (κ2) is 4.66. The summed E-state index contributed by atoms with van der Waals surface area (Å²) in [6.07, 6.45) is 5.54. The minimum Gasteiger partial charge on any atom is -0.507 e. The first-order chi connectivity index (χ1) is 7.72. The van der Waals surface area contributed by atoms with Gasteiger partial charge in [-0.05, 0) is 48.9 Å². The van der Waals surface area contributed by atoms with E-state index in [-0.39, 0.29) is 18.1 Å². The van der Waals surface area contributed by atoms with E-state index in [2.05, 4.69) is 0 Å². The van der Waals surface area contributed by atoms with Gasteiger partial charge >= 0.3 is 0 Å². The molecule has 86 valence electrons. The highest BCUT2D eigenvalue weighted by atomic mass is 16.3. The number of nitrogens with two attached hydrogens (primary N) is 1. The quantitative estimate of drug-likeness (QED) is 0.589. The number of benzene rings is 1. The zero-order valence-electron chi connectivity index (χ0n) is 9.33. The summed E-state index contributed by atoms with van der Waals surface area (Å²) in [6.45, 7) is -0.0493. The van der Waals surface area contributed by atoms with Crippen molar-refractivity contribution in [3.8, 4) is 5.75 Å². The van der Waals surface area contributed by atoms with Crippen molar-refractivity contribution in [1.82, 2.24) is 0 Å². The minimum atomic E-state index is -0.190. The molecular formula is C13H17NO2. The molecule has 1 aliphatic rings. The first-order valence-corrected chi connectivity index (χ1v) is 5.80. The fourth-order valence-corrected chi connectivity index (χ4v) is 2.28. The molecule has 0 bridgehead atoms. The van der Waals surface area contributed by atoms with Gasteiger partial charge < -0.3 is 10.8 Å². The molecule has 0 saturated heterocycles. The molecule has 0 saturated carbocycles. The summed E-state index contributed by atoms with van der Waals surface area (Å²) in [4.78, 5) is 11.5. The summed E-state index contributed by atoms with van der Waals surface area (Å²) in [5.74, 6) is -0.111. The van der Waals surface area contributed by atoms with E-state index in [0.29, 0.717) is 5.56 Å². The topological polar surface area (TPSA) is 63.3 Å². The van der Waals surface area contributed by atoms with Crippen molar-refractivity contribution in [3.63, 3.8) is 0 Å². The van der Waals surface area contributed by atoms with Gasteiger partial charge in [0.25, 0.3) is 0 Å². The molecule has 3 N–H and O–H groups in total. The standard InChI is InChI=1S/C13H17NO2/c14-8-13(16)11-6-9-4-2-1-3-5-10(9)7-12(11)15/h6-7,15H,1-5,8,14H2. The number of phenolic OH excluding ortho intramolecular Hbond substituents is 1. The number of ketones is 1. The molecule has 0 unspecified atom stereocenters. The molecule has 0 aliphatic heterocycles. The number of fused-ring (bicyclic) bond motifs is 1. The van der Waals surface area contributed by atoms with Crippen molar-refractivity contribution in [2.75, 3.05) is 6.54 Å². The van der Waals surface area contributed by atoms with Crippen LogP contribution in [0.3, 0.4) is 0 Å². The molecule has 1 aliphatic carbocycles. The smallest absolute Gasteiger partial charge is 0.180 e. The van der Waals surface area contributed by atoms with Crippen molar-refractivity contribution in [3.05, 3.63) is 28.8 Å². The van der Waals surface area contributed by atoms with E-state index < -0.39 is 0 Å². The van der Waals surface area contributed by atoms with Crippen LogP contribution >= 0.6 is 0 Å². The zero-order chi connectivity index (χ0) is 11.5. The maximum atomic E-state index is 11.5. The second-order valence-electron chi connectivity index (χ2n) is 4.33. The normalized spacial score (nSPS) is 15.3. The summed E-state index contributed by atoms with van der Waals surface area (Å²) >= 11 is 0. The Morgan fingerprint density at radius 1 is 1.19 bits per heavy atom. The van der Waals surface area contributed by atoms with E-state index >= 15 is 0 Å².